The van der Waals surface area contributed by atoms with E-state index in [0.717, 1.165) is 12.1 Å². The van der Waals surface area contributed by atoms with E-state index in [1.807, 2.05) is 0 Å². The van der Waals surface area contributed by atoms with E-state index in [9.17, 15) is 18.0 Å². The SMILES string of the molecule is CNC(CNc1ccc(C(F)(F)F)cc1)C(=O)O. The van der Waals surface area contributed by atoms with Gasteiger partial charge < -0.3 is 15.7 Å². The normalized spacial score (nSPS) is 13.1. The van der Waals surface area contributed by atoms with Crippen LogP contribution in [0, 0.1) is 0 Å². The maximum Gasteiger partial charge on any atom is 0.416 e. The molecule has 3 N–H and O–H groups in total. The van der Waals surface area contributed by atoms with Crippen LogP contribution in [0.4, 0.5) is 18.9 Å². The predicted octanol–water partition coefficient (Wildman–Crippen LogP) is 1.79. The number of aliphatic carboxylic acids is 1. The Morgan fingerprint density at radius 2 is 1.89 bits per heavy atom. The molecule has 0 fully saturated rings. The van der Waals surface area contributed by atoms with E-state index in [0.29, 0.717) is 5.69 Å². The first-order valence-corrected chi connectivity index (χ1v) is 5.16. The summed E-state index contributed by atoms with van der Waals surface area (Å²) in [6.45, 7) is 0.0806. The lowest BCUT2D eigenvalue weighted by Crippen LogP contribution is -2.39. The zero-order valence-corrected chi connectivity index (χ0v) is 9.58. The first kappa shape index (κ1) is 14.3. The molecule has 4 nitrogen and oxygen atoms in total. The molecule has 18 heavy (non-hydrogen) atoms. The van der Waals surface area contributed by atoms with Gasteiger partial charge in [0.25, 0.3) is 0 Å². The Balaban J connectivity index is 2.62. The fraction of sp³-hybridized carbons (Fsp3) is 0.364. The van der Waals surface area contributed by atoms with Crippen LogP contribution in [0.3, 0.4) is 0 Å². The lowest BCUT2D eigenvalue weighted by molar-refractivity contribution is -0.139. The van der Waals surface area contributed by atoms with Gasteiger partial charge in [0.2, 0.25) is 0 Å². The van der Waals surface area contributed by atoms with Gasteiger partial charge in [-0.15, -0.1) is 0 Å². The monoisotopic (exact) mass is 262 g/mol. The van der Waals surface area contributed by atoms with E-state index in [4.69, 9.17) is 5.11 Å². The quantitative estimate of drug-likeness (QED) is 0.757. The van der Waals surface area contributed by atoms with Gasteiger partial charge in [-0.05, 0) is 31.3 Å². The standard InChI is InChI=1S/C11H13F3N2O2/c1-15-9(10(17)18)6-16-8-4-2-7(3-5-8)11(12,13)14/h2-5,9,15-16H,6H2,1H3,(H,17,18). The molecular weight excluding hydrogens is 249 g/mol. The molecular formula is C11H13F3N2O2. The van der Waals surface area contributed by atoms with E-state index in [2.05, 4.69) is 10.6 Å². The topological polar surface area (TPSA) is 61.4 Å². The summed E-state index contributed by atoms with van der Waals surface area (Å²) in [7, 11) is 1.49. The average Bonchev–Trinajstić information content (AvgIpc) is 2.29. The van der Waals surface area contributed by atoms with Gasteiger partial charge >= 0.3 is 12.1 Å². The zero-order valence-electron chi connectivity index (χ0n) is 9.58. The molecule has 0 aromatic heterocycles. The third-order valence-corrected chi connectivity index (χ3v) is 2.37. The van der Waals surface area contributed by atoms with Crippen LogP contribution in [0.15, 0.2) is 24.3 Å². The molecule has 0 bridgehead atoms. The fourth-order valence-corrected chi connectivity index (χ4v) is 1.31. The highest BCUT2D eigenvalue weighted by Crippen LogP contribution is 2.29. The summed E-state index contributed by atoms with van der Waals surface area (Å²) >= 11 is 0. The number of rotatable bonds is 5. The van der Waals surface area contributed by atoms with E-state index < -0.39 is 23.8 Å². The fourth-order valence-electron chi connectivity index (χ4n) is 1.31. The summed E-state index contributed by atoms with van der Waals surface area (Å²) in [6.07, 6.45) is -4.37. The Morgan fingerprint density at radius 3 is 2.28 bits per heavy atom. The summed E-state index contributed by atoms with van der Waals surface area (Å²) < 4.78 is 36.9. The number of carbonyl (C=O) groups is 1. The maximum atomic E-state index is 12.3. The van der Waals surface area contributed by atoms with Crippen molar-refractivity contribution in [1.82, 2.24) is 5.32 Å². The summed E-state index contributed by atoms with van der Waals surface area (Å²) in [4.78, 5) is 10.7. The van der Waals surface area contributed by atoms with Crippen molar-refractivity contribution >= 4 is 11.7 Å². The second-order valence-corrected chi connectivity index (χ2v) is 3.64. The van der Waals surface area contributed by atoms with Gasteiger partial charge in [-0.3, -0.25) is 4.79 Å². The number of carboxylic acid groups (broad SMARTS) is 1. The van der Waals surface area contributed by atoms with E-state index in [1.165, 1.54) is 19.2 Å². The number of hydrogen-bond donors (Lipinski definition) is 3. The molecule has 0 saturated heterocycles. The van der Waals surface area contributed by atoms with E-state index in [1.54, 1.807) is 0 Å². The third-order valence-electron chi connectivity index (χ3n) is 2.37. The molecule has 7 heteroatoms. The largest absolute Gasteiger partial charge is 0.480 e. The second-order valence-electron chi connectivity index (χ2n) is 3.64. The lowest BCUT2D eigenvalue weighted by Gasteiger charge is -2.13. The van der Waals surface area contributed by atoms with Crippen molar-refractivity contribution in [3.05, 3.63) is 29.8 Å². The first-order chi connectivity index (χ1) is 8.34. The Labute approximate surface area is 102 Å². The van der Waals surface area contributed by atoms with Crippen molar-refractivity contribution in [2.45, 2.75) is 12.2 Å². The van der Waals surface area contributed by atoms with E-state index in [-0.39, 0.29) is 6.54 Å². The van der Waals surface area contributed by atoms with Gasteiger partial charge in [0, 0.05) is 12.2 Å². The molecule has 0 aliphatic carbocycles. The molecule has 1 rings (SSSR count). The Bertz CT molecular complexity index is 404. The van der Waals surface area contributed by atoms with Crippen LogP contribution in [0.1, 0.15) is 5.56 Å². The molecule has 0 radical (unpaired) electrons. The van der Waals surface area contributed by atoms with Gasteiger partial charge in [0.15, 0.2) is 0 Å². The number of anilines is 1. The third kappa shape index (κ3) is 3.92. The van der Waals surface area contributed by atoms with Crippen molar-refractivity contribution in [2.24, 2.45) is 0 Å². The van der Waals surface area contributed by atoms with Gasteiger partial charge in [-0.1, -0.05) is 0 Å². The number of carboxylic acids is 1. The van der Waals surface area contributed by atoms with Gasteiger partial charge in [-0.2, -0.15) is 13.2 Å². The first-order valence-electron chi connectivity index (χ1n) is 5.16. The summed E-state index contributed by atoms with van der Waals surface area (Å²) in [5.74, 6) is -1.03. The maximum absolute atomic E-state index is 12.3. The molecule has 1 aromatic carbocycles. The molecule has 0 heterocycles. The van der Waals surface area contributed by atoms with Crippen LogP contribution in [0.2, 0.25) is 0 Å². The Morgan fingerprint density at radius 1 is 1.33 bits per heavy atom. The average molecular weight is 262 g/mol. The number of benzene rings is 1. The summed E-state index contributed by atoms with van der Waals surface area (Å²) in [5, 5.41) is 14.1. The molecule has 0 amide bonds. The van der Waals surface area contributed by atoms with Crippen molar-refractivity contribution in [3.8, 4) is 0 Å². The minimum Gasteiger partial charge on any atom is -0.480 e. The van der Waals surface area contributed by atoms with Crippen LogP contribution in [-0.4, -0.2) is 30.7 Å². The molecule has 0 aliphatic heterocycles. The van der Waals surface area contributed by atoms with Crippen LogP contribution in [0.5, 0.6) is 0 Å². The number of alkyl halides is 3. The van der Waals surface area contributed by atoms with Crippen molar-refractivity contribution in [2.75, 3.05) is 18.9 Å². The minimum absolute atomic E-state index is 0.0806. The van der Waals surface area contributed by atoms with Gasteiger partial charge in [0.05, 0.1) is 5.56 Å². The molecule has 0 spiro atoms. The molecule has 1 unspecified atom stereocenters. The summed E-state index contributed by atoms with van der Waals surface area (Å²) in [5.41, 5.74) is -0.305. The zero-order chi connectivity index (χ0) is 13.8. The van der Waals surface area contributed by atoms with Crippen LogP contribution >= 0.6 is 0 Å². The molecule has 0 aliphatic rings. The molecule has 100 valence electrons. The van der Waals surface area contributed by atoms with Crippen molar-refractivity contribution in [1.29, 1.82) is 0 Å². The van der Waals surface area contributed by atoms with Crippen LogP contribution in [0.25, 0.3) is 0 Å². The van der Waals surface area contributed by atoms with Crippen LogP contribution in [-0.2, 0) is 11.0 Å². The van der Waals surface area contributed by atoms with Crippen molar-refractivity contribution in [3.63, 3.8) is 0 Å². The lowest BCUT2D eigenvalue weighted by atomic mass is 10.2. The van der Waals surface area contributed by atoms with Gasteiger partial charge in [0.1, 0.15) is 6.04 Å². The smallest absolute Gasteiger partial charge is 0.416 e. The Hall–Kier alpha value is -1.76. The summed E-state index contributed by atoms with van der Waals surface area (Å²) in [6, 6.07) is 3.61. The molecule has 0 saturated carbocycles. The number of hydrogen-bond acceptors (Lipinski definition) is 3. The van der Waals surface area contributed by atoms with Crippen molar-refractivity contribution < 1.29 is 23.1 Å². The second kappa shape index (κ2) is 5.72. The number of nitrogens with one attached hydrogen (secondary N) is 2. The number of halogens is 3. The molecule has 1 atom stereocenters. The molecule has 1 aromatic rings. The highest BCUT2D eigenvalue weighted by atomic mass is 19.4. The highest BCUT2D eigenvalue weighted by molar-refractivity contribution is 5.74. The predicted molar refractivity (Wildman–Crippen MR) is 60.4 cm³/mol. The van der Waals surface area contributed by atoms with Gasteiger partial charge in [-0.25, -0.2) is 0 Å². The highest BCUT2D eigenvalue weighted by Gasteiger charge is 2.29. The minimum atomic E-state index is -4.37. The van der Waals surface area contributed by atoms with E-state index >= 15 is 0 Å². The van der Waals surface area contributed by atoms with Crippen LogP contribution < -0.4 is 10.6 Å². The Kier molecular flexibility index (Phi) is 4.55. The number of likely N-dealkylation sites (N-methyl/N-ethyl adjacent to an activating group) is 1.